The summed E-state index contributed by atoms with van der Waals surface area (Å²) < 4.78 is 75.6. The summed E-state index contributed by atoms with van der Waals surface area (Å²) in [6, 6.07) is 10.3. The molecule has 0 radical (unpaired) electrons. The molecule has 0 bridgehead atoms. The first kappa shape index (κ1) is 20.2. The minimum absolute atomic E-state index is 0.0842. The number of likely N-dealkylation sites (N-methyl/N-ethyl adjacent to an activating group) is 1. The minimum Gasteiger partial charge on any atom is -0.382 e. The predicted octanol–water partition coefficient (Wildman–Crippen LogP) is 3.83. The van der Waals surface area contributed by atoms with Gasteiger partial charge in [0, 0.05) is 6.54 Å². The first-order valence-electron chi connectivity index (χ1n) is 7.60. The van der Waals surface area contributed by atoms with E-state index in [2.05, 4.69) is 5.32 Å². The maximum absolute atomic E-state index is 13.5. The zero-order valence-electron chi connectivity index (χ0n) is 14.1. The van der Waals surface area contributed by atoms with E-state index in [1.807, 2.05) is 0 Å². The summed E-state index contributed by atoms with van der Waals surface area (Å²) in [5.41, 5.74) is -4.94. The van der Waals surface area contributed by atoms with Gasteiger partial charge in [0.2, 0.25) is 0 Å². The van der Waals surface area contributed by atoms with Gasteiger partial charge in [-0.25, -0.2) is 12.8 Å². The van der Waals surface area contributed by atoms with Gasteiger partial charge in [0.05, 0.1) is 16.6 Å². The number of nitrogens with one attached hydrogen (secondary N) is 1. The third-order valence-corrected chi connectivity index (χ3v) is 5.37. The number of halogens is 4. The fourth-order valence-electron chi connectivity index (χ4n) is 2.49. The number of hydrogen-bond acceptors (Lipinski definition) is 4. The van der Waals surface area contributed by atoms with Crippen LogP contribution in [0.3, 0.4) is 0 Å². The Bertz CT molecular complexity index is 867. The van der Waals surface area contributed by atoms with Crippen LogP contribution in [0.1, 0.15) is 11.6 Å². The van der Waals surface area contributed by atoms with Crippen molar-refractivity contribution in [3.05, 3.63) is 59.9 Å². The molecular formula is C17H18F4N2O2S. The highest BCUT2D eigenvalue weighted by molar-refractivity contribution is 7.92. The van der Waals surface area contributed by atoms with Crippen molar-refractivity contribution in [3.63, 3.8) is 0 Å². The highest BCUT2D eigenvalue weighted by atomic mass is 32.2. The van der Waals surface area contributed by atoms with Crippen molar-refractivity contribution in [3.8, 4) is 0 Å². The third kappa shape index (κ3) is 4.34. The van der Waals surface area contributed by atoms with Crippen LogP contribution in [-0.2, 0) is 9.84 Å². The quantitative estimate of drug-likeness (QED) is 0.762. The molecular weight excluding hydrogens is 372 g/mol. The second-order valence-electron chi connectivity index (χ2n) is 5.86. The van der Waals surface area contributed by atoms with Gasteiger partial charge < -0.3 is 10.2 Å². The molecule has 0 aliphatic heterocycles. The van der Waals surface area contributed by atoms with Crippen molar-refractivity contribution in [1.29, 1.82) is 0 Å². The zero-order chi connectivity index (χ0) is 19.5. The number of hydrogen-bond donors (Lipinski definition) is 1. The second kappa shape index (κ2) is 7.63. The lowest BCUT2D eigenvalue weighted by Crippen LogP contribution is -2.28. The molecule has 0 aromatic heterocycles. The molecule has 1 atom stereocenters. The van der Waals surface area contributed by atoms with Crippen LogP contribution < -0.4 is 5.32 Å². The van der Waals surface area contributed by atoms with Gasteiger partial charge in [0.25, 0.3) is 9.84 Å². The van der Waals surface area contributed by atoms with Gasteiger partial charge in [-0.15, -0.1) is 0 Å². The Morgan fingerprint density at radius 3 is 2.31 bits per heavy atom. The normalized spacial score (nSPS) is 13.7. The van der Waals surface area contributed by atoms with Gasteiger partial charge in [0.15, 0.2) is 0 Å². The van der Waals surface area contributed by atoms with Gasteiger partial charge >= 0.3 is 5.51 Å². The molecule has 1 N–H and O–H groups in total. The van der Waals surface area contributed by atoms with Crippen LogP contribution in [0, 0.1) is 5.82 Å². The van der Waals surface area contributed by atoms with Crippen molar-refractivity contribution in [2.45, 2.75) is 16.4 Å². The molecule has 0 aliphatic carbocycles. The van der Waals surface area contributed by atoms with Crippen LogP contribution >= 0.6 is 0 Å². The van der Waals surface area contributed by atoms with Crippen molar-refractivity contribution in [2.24, 2.45) is 0 Å². The zero-order valence-corrected chi connectivity index (χ0v) is 14.9. The Morgan fingerprint density at radius 1 is 1.08 bits per heavy atom. The van der Waals surface area contributed by atoms with Gasteiger partial charge in [-0.1, -0.05) is 24.3 Å². The van der Waals surface area contributed by atoms with E-state index in [-0.39, 0.29) is 18.3 Å². The highest BCUT2D eigenvalue weighted by Crippen LogP contribution is 2.34. The molecule has 2 rings (SSSR count). The van der Waals surface area contributed by atoms with Crippen LogP contribution in [0.4, 0.5) is 23.2 Å². The molecule has 1 unspecified atom stereocenters. The van der Waals surface area contributed by atoms with Gasteiger partial charge in [-0.2, -0.15) is 13.2 Å². The lowest BCUT2D eigenvalue weighted by atomic mass is 10.1. The Kier molecular flexibility index (Phi) is 5.92. The Balaban J connectivity index is 2.32. The average Bonchev–Trinajstić information content (AvgIpc) is 2.54. The van der Waals surface area contributed by atoms with E-state index in [4.69, 9.17) is 0 Å². The third-order valence-electron chi connectivity index (χ3n) is 3.82. The Hall–Kier alpha value is -2.13. The maximum Gasteiger partial charge on any atom is 0.501 e. The maximum atomic E-state index is 13.5. The lowest BCUT2D eigenvalue weighted by Gasteiger charge is -2.26. The largest absolute Gasteiger partial charge is 0.501 e. The molecule has 2 aromatic rings. The molecule has 0 fully saturated rings. The minimum atomic E-state index is -5.48. The topological polar surface area (TPSA) is 49.4 Å². The summed E-state index contributed by atoms with van der Waals surface area (Å²) >= 11 is 0. The number of nitrogens with zero attached hydrogens (tertiary/aromatic N) is 1. The van der Waals surface area contributed by atoms with Gasteiger partial charge in [-0.05, 0) is 43.9 Å². The van der Waals surface area contributed by atoms with Crippen LogP contribution in [-0.4, -0.2) is 39.5 Å². The molecule has 0 spiro atoms. The van der Waals surface area contributed by atoms with Crippen LogP contribution in [0.2, 0.25) is 0 Å². The first-order valence-corrected chi connectivity index (χ1v) is 9.08. The van der Waals surface area contributed by atoms with Crippen molar-refractivity contribution in [1.82, 2.24) is 4.90 Å². The average molecular weight is 390 g/mol. The number of alkyl halides is 3. The molecule has 142 valence electrons. The highest BCUT2D eigenvalue weighted by Gasteiger charge is 2.47. The molecule has 4 nitrogen and oxygen atoms in total. The number of benzene rings is 2. The molecule has 0 saturated carbocycles. The van der Waals surface area contributed by atoms with E-state index >= 15 is 0 Å². The van der Waals surface area contributed by atoms with Gasteiger partial charge in [-0.3, -0.25) is 0 Å². The Morgan fingerprint density at radius 2 is 1.73 bits per heavy atom. The summed E-state index contributed by atoms with van der Waals surface area (Å²) in [6.07, 6.45) is 0. The summed E-state index contributed by atoms with van der Waals surface area (Å²) in [5.74, 6) is -0.436. The molecule has 26 heavy (non-hydrogen) atoms. The number of rotatable bonds is 6. The summed E-state index contributed by atoms with van der Waals surface area (Å²) in [6.45, 7) is 0.0842. The summed E-state index contributed by atoms with van der Waals surface area (Å²) in [7, 11) is -2.02. The van der Waals surface area contributed by atoms with Crippen LogP contribution in [0.5, 0.6) is 0 Å². The van der Waals surface area contributed by atoms with E-state index in [0.717, 1.165) is 6.07 Å². The number of anilines is 1. The summed E-state index contributed by atoms with van der Waals surface area (Å²) in [4.78, 5) is 0.909. The van der Waals surface area contributed by atoms with Gasteiger partial charge in [0.1, 0.15) is 5.82 Å². The molecule has 0 heterocycles. The van der Waals surface area contributed by atoms with E-state index in [9.17, 15) is 26.0 Å². The Labute approximate surface area is 149 Å². The van der Waals surface area contributed by atoms with Crippen LogP contribution in [0.25, 0.3) is 0 Å². The summed E-state index contributed by atoms with van der Waals surface area (Å²) in [5, 5.41) is 2.75. The van der Waals surface area contributed by atoms with E-state index < -0.39 is 26.1 Å². The van der Waals surface area contributed by atoms with Crippen molar-refractivity contribution >= 4 is 15.5 Å². The molecule has 9 heteroatoms. The van der Waals surface area contributed by atoms with E-state index in [1.54, 1.807) is 25.1 Å². The number of para-hydroxylation sites is 1. The van der Waals surface area contributed by atoms with E-state index in [0.29, 0.717) is 5.56 Å². The standard InChI is InChI=1S/C17H18F4N2O2S/c1-23(2)15(12-6-5-7-13(18)10-12)11-22-14-8-3-4-9-16(14)26(24,25)17(19,20)21/h3-10,15,22H,11H2,1-2H3. The first-order chi connectivity index (χ1) is 12.0. The predicted molar refractivity (Wildman–Crippen MR) is 91.0 cm³/mol. The smallest absolute Gasteiger partial charge is 0.382 e. The fourth-order valence-corrected chi connectivity index (χ4v) is 3.43. The lowest BCUT2D eigenvalue weighted by molar-refractivity contribution is -0.0435. The molecule has 0 amide bonds. The number of sulfone groups is 1. The second-order valence-corrected chi connectivity index (χ2v) is 7.77. The molecule has 2 aromatic carbocycles. The van der Waals surface area contributed by atoms with E-state index in [1.165, 1.54) is 36.4 Å². The fraction of sp³-hybridized carbons (Fsp3) is 0.294. The monoisotopic (exact) mass is 390 g/mol. The van der Waals surface area contributed by atoms with Crippen molar-refractivity contribution < 1.29 is 26.0 Å². The van der Waals surface area contributed by atoms with Crippen LogP contribution in [0.15, 0.2) is 53.4 Å². The molecule has 0 aliphatic rings. The SMILES string of the molecule is CN(C)C(CNc1ccccc1S(=O)(=O)C(F)(F)F)c1cccc(F)c1. The molecule has 0 saturated heterocycles. The van der Waals surface area contributed by atoms with Crippen molar-refractivity contribution in [2.75, 3.05) is 26.0 Å².